The van der Waals surface area contributed by atoms with Gasteiger partial charge in [-0.1, -0.05) is 42.8 Å². The van der Waals surface area contributed by atoms with Crippen LogP contribution in [0.25, 0.3) is 0 Å². The minimum atomic E-state index is -0.462. The number of aliphatic hydroxyl groups excluding tert-OH is 1. The molecule has 2 aromatic rings. The van der Waals surface area contributed by atoms with Crippen LogP contribution in [-0.2, 0) is 6.54 Å². The molecule has 0 aliphatic heterocycles. The SMILES string of the molecule is CCN(Cc1ccc(C)cn1)CC(O)c1ccc(C)cc1. The fourth-order valence-electron chi connectivity index (χ4n) is 2.27. The van der Waals surface area contributed by atoms with Gasteiger partial charge in [0.15, 0.2) is 0 Å². The molecule has 0 saturated heterocycles. The van der Waals surface area contributed by atoms with Gasteiger partial charge in [-0.05, 0) is 37.6 Å². The number of aliphatic hydroxyl groups is 1. The zero-order chi connectivity index (χ0) is 15.2. The molecule has 1 aromatic heterocycles. The summed E-state index contributed by atoms with van der Waals surface area (Å²) in [4.78, 5) is 6.64. The van der Waals surface area contributed by atoms with Gasteiger partial charge in [0.2, 0.25) is 0 Å². The Balaban J connectivity index is 1.98. The lowest BCUT2D eigenvalue weighted by molar-refractivity contribution is 0.111. The second kappa shape index (κ2) is 7.34. The van der Waals surface area contributed by atoms with E-state index in [9.17, 15) is 5.11 Å². The van der Waals surface area contributed by atoms with Crippen LogP contribution in [0.4, 0.5) is 0 Å². The van der Waals surface area contributed by atoms with Crippen molar-refractivity contribution in [3.8, 4) is 0 Å². The number of pyridine rings is 1. The molecule has 1 N–H and O–H groups in total. The van der Waals surface area contributed by atoms with Crippen LogP contribution in [0.5, 0.6) is 0 Å². The topological polar surface area (TPSA) is 36.4 Å². The monoisotopic (exact) mass is 284 g/mol. The first kappa shape index (κ1) is 15.7. The third kappa shape index (κ3) is 4.66. The van der Waals surface area contributed by atoms with Crippen LogP contribution in [0.2, 0.25) is 0 Å². The lowest BCUT2D eigenvalue weighted by atomic mass is 10.1. The summed E-state index contributed by atoms with van der Waals surface area (Å²) < 4.78 is 0. The molecule has 21 heavy (non-hydrogen) atoms. The van der Waals surface area contributed by atoms with Crippen LogP contribution in [0.3, 0.4) is 0 Å². The summed E-state index contributed by atoms with van der Waals surface area (Å²) in [5.74, 6) is 0. The van der Waals surface area contributed by atoms with Gasteiger partial charge in [-0.3, -0.25) is 9.88 Å². The van der Waals surface area contributed by atoms with Gasteiger partial charge in [-0.25, -0.2) is 0 Å². The van der Waals surface area contributed by atoms with E-state index in [0.717, 1.165) is 24.3 Å². The van der Waals surface area contributed by atoms with Crippen molar-refractivity contribution in [3.05, 3.63) is 65.0 Å². The molecule has 0 aliphatic rings. The predicted octanol–water partition coefficient (Wildman–Crippen LogP) is 3.25. The molecule has 1 aromatic carbocycles. The quantitative estimate of drug-likeness (QED) is 0.884. The van der Waals surface area contributed by atoms with E-state index in [1.54, 1.807) is 0 Å². The van der Waals surface area contributed by atoms with Crippen LogP contribution < -0.4 is 0 Å². The molecule has 0 saturated carbocycles. The van der Waals surface area contributed by atoms with Gasteiger partial charge in [0.05, 0.1) is 11.8 Å². The minimum Gasteiger partial charge on any atom is -0.387 e. The average molecular weight is 284 g/mol. The van der Waals surface area contributed by atoms with E-state index in [1.807, 2.05) is 37.4 Å². The first-order valence-corrected chi connectivity index (χ1v) is 7.47. The Morgan fingerprint density at radius 2 is 1.71 bits per heavy atom. The maximum atomic E-state index is 10.4. The molecule has 0 amide bonds. The van der Waals surface area contributed by atoms with E-state index in [0.29, 0.717) is 6.54 Å². The van der Waals surface area contributed by atoms with E-state index in [2.05, 4.69) is 35.9 Å². The molecule has 0 aliphatic carbocycles. The van der Waals surface area contributed by atoms with Crippen molar-refractivity contribution in [1.29, 1.82) is 0 Å². The normalized spacial score (nSPS) is 12.6. The van der Waals surface area contributed by atoms with Gasteiger partial charge in [-0.15, -0.1) is 0 Å². The Labute approximate surface area is 127 Å². The second-order valence-corrected chi connectivity index (χ2v) is 5.58. The van der Waals surface area contributed by atoms with E-state index >= 15 is 0 Å². The van der Waals surface area contributed by atoms with Crippen LogP contribution in [0, 0.1) is 13.8 Å². The van der Waals surface area contributed by atoms with Crippen LogP contribution >= 0.6 is 0 Å². The molecule has 0 fully saturated rings. The Hall–Kier alpha value is -1.71. The van der Waals surface area contributed by atoms with Gasteiger partial charge in [0, 0.05) is 19.3 Å². The van der Waals surface area contributed by atoms with Crippen molar-refractivity contribution in [1.82, 2.24) is 9.88 Å². The fourth-order valence-corrected chi connectivity index (χ4v) is 2.27. The lowest BCUT2D eigenvalue weighted by Gasteiger charge is -2.23. The Kier molecular flexibility index (Phi) is 5.48. The Bertz CT molecular complexity index is 548. The van der Waals surface area contributed by atoms with E-state index in [1.165, 1.54) is 11.1 Å². The Morgan fingerprint density at radius 3 is 2.29 bits per heavy atom. The van der Waals surface area contributed by atoms with Crippen molar-refractivity contribution in [3.63, 3.8) is 0 Å². The molecule has 0 radical (unpaired) electrons. The van der Waals surface area contributed by atoms with Crippen LogP contribution in [0.1, 0.15) is 35.4 Å². The minimum absolute atomic E-state index is 0.462. The summed E-state index contributed by atoms with van der Waals surface area (Å²) in [6.45, 7) is 8.47. The van der Waals surface area contributed by atoms with Crippen LogP contribution in [-0.4, -0.2) is 28.1 Å². The molecule has 1 heterocycles. The lowest BCUT2D eigenvalue weighted by Crippen LogP contribution is -2.28. The number of rotatable bonds is 6. The molecular weight excluding hydrogens is 260 g/mol. The van der Waals surface area contributed by atoms with E-state index in [4.69, 9.17) is 0 Å². The second-order valence-electron chi connectivity index (χ2n) is 5.58. The number of benzene rings is 1. The Morgan fingerprint density at radius 1 is 1.05 bits per heavy atom. The summed E-state index contributed by atoms with van der Waals surface area (Å²) in [6.07, 6.45) is 1.43. The summed E-state index contributed by atoms with van der Waals surface area (Å²) in [5.41, 5.74) is 4.39. The summed E-state index contributed by atoms with van der Waals surface area (Å²) in [5, 5.41) is 10.4. The van der Waals surface area contributed by atoms with Crippen molar-refractivity contribution in [2.45, 2.75) is 33.4 Å². The fraction of sp³-hybridized carbons (Fsp3) is 0.389. The van der Waals surface area contributed by atoms with Crippen molar-refractivity contribution >= 4 is 0 Å². The molecule has 1 unspecified atom stereocenters. The smallest absolute Gasteiger partial charge is 0.0917 e. The van der Waals surface area contributed by atoms with Crippen LogP contribution in [0.15, 0.2) is 42.6 Å². The first-order chi connectivity index (χ1) is 10.1. The molecule has 1 atom stereocenters. The standard InChI is InChI=1S/C18H24N2O/c1-4-20(12-17-10-7-15(3)11-19-17)13-18(21)16-8-5-14(2)6-9-16/h5-11,18,21H,4,12-13H2,1-3H3. The van der Waals surface area contributed by atoms with Crippen molar-refractivity contribution in [2.24, 2.45) is 0 Å². The first-order valence-electron chi connectivity index (χ1n) is 7.47. The summed E-state index contributed by atoms with van der Waals surface area (Å²) >= 11 is 0. The maximum Gasteiger partial charge on any atom is 0.0917 e. The molecule has 112 valence electrons. The van der Waals surface area contributed by atoms with Gasteiger partial charge in [-0.2, -0.15) is 0 Å². The number of nitrogens with zero attached hydrogens (tertiary/aromatic N) is 2. The zero-order valence-electron chi connectivity index (χ0n) is 13.1. The van der Waals surface area contributed by atoms with Crippen molar-refractivity contribution in [2.75, 3.05) is 13.1 Å². The predicted molar refractivity (Wildman–Crippen MR) is 86.1 cm³/mol. The third-order valence-electron chi connectivity index (χ3n) is 3.70. The highest BCUT2D eigenvalue weighted by Crippen LogP contribution is 2.16. The average Bonchev–Trinajstić information content (AvgIpc) is 2.49. The molecule has 3 heteroatoms. The van der Waals surface area contributed by atoms with Gasteiger partial charge >= 0.3 is 0 Å². The molecule has 2 rings (SSSR count). The number of likely N-dealkylation sites (N-methyl/N-ethyl adjacent to an activating group) is 1. The molecule has 0 spiro atoms. The molecule has 3 nitrogen and oxygen atoms in total. The van der Waals surface area contributed by atoms with E-state index in [-0.39, 0.29) is 0 Å². The number of aryl methyl sites for hydroxylation is 2. The van der Waals surface area contributed by atoms with Crippen molar-refractivity contribution < 1.29 is 5.11 Å². The maximum absolute atomic E-state index is 10.4. The highest BCUT2D eigenvalue weighted by atomic mass is 16.3. The summed E-state index contributed by atoms with van der Waals surface area (Å²) in [7, 11) is 0. The highest BCUT2D eigenvalue weighted by molar-refractivity contribution is 5.23. The third-order valence-corrected chi connectivity index (χ3v) is 3.70. The number of hydrogen-bond acceptors (Lipinski definition) is 3. The number of hydrogen-bond donors (Lipinski definition) is 1. The van der Waals surface area contributed by atoms with E-state index < -0.39 is 6.10 Å². The molecule has 0 bridgehead atoms. The zero-order valence-corrected chi connectivity index (χ0v) is 13.1. The van der Waals surface area contributed by atoms with Gasteiger partial charge in [0.25, 0.3) is 0 Å². The largest absolute Gasteiger partial charge is 0.387 e. The van der Waals surface area contributed by atoms with Gasteiger partial charge in [0.1, 0.15) is 0 Å². The summed E-state index contributed by atoms with van der Waals surface area (Å²) in [6, 6.07) is 12.2. The van der Waals surface area contributed by atoms with Gasteiger partial charge < -0.3 is 5.11 Å². The molecular formula is C18H24N2O. The number of aromatic nitrogens is 1. The highest BCUT2D eigenvalue weighted by Gasteiger charge is 2.13.